The van der Waals surface area contributed by atoms with Crippen LogP contribution in [0.3, 0.4) is 0 Å². The summed E-state index contributed by atoms with van der Waals surface area (Å²) in [5, 5.41) is 3.57. The van der Waals surface area contributed by atoms with E-state index in [1.165, 1.54) is 49.9 Å². The van der Waals surface area contributed by atoms with Gasteiger partial charge in [0.2, 0.25) is 0 Å². The molecular weight excluding hydrogens is 258 g/mol. The Morgan fingerprint density at radius 1 is 1.14 bits per heavy atom. The van der Waals surface area contributed by atoms with E-state index in [0.717, 1.165) is 19.1 Å². The van der Waals surface area contributed by atoms with Crippen molar-refractivity contribution < 1.29 is 0 Å². The van der Waals surface area contributed by atoms with Crippen molar-refractivity contribution in [2.75, 3.05) is 27.2 Å². The van der Waals surface area contributed by atoms with Gasteiger partial charge in [-0.2, -0.15) is 0 Å². The smallest absolute Gasteiger partial charge is 0.0234 e. The molecule has 21 heavy (non-hydrogen) atoms. The number of benzene rings is 1. The minimum absolute atomic E-state index is 0.708. The number of nitrogens with zero attached hydrogens (tertiary/aromatic N) is 2. The maximum atomic E-state index is 3.57. The summed E-state index contributed by atoms with van der Waals surface area (Å²) in [7, 11) is 4.51. The van der Waals surface area contributed by atoms with Crippen molar-refractivity contribution >= 4 is 0 Å². The van der Waals surface area contributed by atoms with Gasteiger partial charge in [0.1, 0.15) is 0 Å². The van der Waals surface area contributed by atoms with E-state index in [0.29, 0.717) is 6.04 Å². The number of hydrogen-bond acceptors (Lipinski definition) is 3. The van der Waals surface area contributed by atoms with Crippen LogP contribution in [0.25, 0.3) is 0 Å². The van der Waals surface area contributed by atoms with E-state index < -0.39 is 0 Å². The second kappa shape index (κ2) is 6.91. The molecule has 2 fully saturated rings. The molecule has 1 N–H and O–H groups in total. The van der Waals surface area contributed by atoms with Gasteiger partial charge >= 0.3 is 0 Å². The van der Waals surface area contributed by atoms with Crippen LogP contribution in [0.4, 0.5) is 0 Å². The van der Waals surface area contributed by atoms with E-state index in [1.807, 2.05) is 0 Å². The van der Waals surface area contributed by atoms with Gasteiger partial charge in [0.15, 0.2) is 0 Å². The predicted octanol–water partition coefficient (Wildman–Crippen LogP) is 2.46. The van der Waals surface area contributed by atoms with E-state index in [9.17, 15) is 0 Å². The van der Waals surface area contributed by atoms with Crippen LogP contribution in [0, 0.1) is 0 Å². The Morgan fingerprint density at radius 2 is 1.86 bits per heavy atom. The highest BCUT2D eigenvalue weighted by atomic mass is 15.2. The van der Waals surface area contributed by atoms with Crippen molar-refractivity contribution in [2.45, 2.75) is 50.9 Å². The summed E-state index contributed by atoms with van der Waals surface area (Å²) in [6.07, 6.45) is 5.39. The molecule has 0 bridgehead atoms. The Hall–Kier alpha value is -0.900. The number of nitrogens with one attached hydrogen (secondary N) is 1. The summed E-state index contributed by atoms with van der Waals surface area (Å²) >= 11 is 0. The second-order valence-electron chi connectivity index (χ2n) is 6.95. The lowest BCUT2D eigenvalue weighted by Gasteiger charge is -2.35. The summed E-state index contributed by atoms with van der Waals surface area (Å²) in [5.74, 6) is 0. The maximum Gasteiger partial charge on any atom is 0.0234 e. The summed E-state index contributed by atoms with van der Waals surface area (Å²) in [6, 6.07) is 10.7. The van der Waals surface area contributed by atoms with Gasteiger partial charge in [-0.15, -0.1) is 0 Å². The van der Waals surface area contributed by atoms with Gasteiger partial charge in [0, 0.05) is 31.7 Å². The van der Waals surface area contributed by atoms with Crippen molar-refractivity contribution in [1.29, 1.82) is 0 Å². The molecule has 3 rings (SSSR count). The third-order valence-corrected chi connectivity index (χ3v) is 4.85. The molecule has 116 valence electrons. The highest BCUT2D eigenvalue weighted by molar-refractivity contribution is 5.22. The second-order valence-corrected chi connectivity index (χ2v) is 6.95. The molecule has 0 radical (unpaired) electrons. The van der Waals surface area contributed by atoms with Gasteiger partial charge in [-0.1, -0.05) is 24.3 Å². The molecule has 1 aliphatic carbocycles. The molecule has 1 heterocycles. The van der Waals surface area contributed by atoms with Crippen LogP contribution in [0.15, 0.2) is 24.3 Å². The van der Waals surface area contributed by atoms with Gasteiger partial charge in [0.25, 0.3) is 0 Å². The van der Waals surface area contributed by atoms with Gasteiger partial charge in [-0.25, -0.2) is 0 Å². The van der Waals surface area contributed by atoms with Gasteiger partial charge in [-0.3, -0.25) is 4.90 Å². The maximum absolute atomic E-state index is 3.57. The lowest BCUT2D eigenvalue weighted by atomic mass is 10.0. The predicted molar refractivity (Wildman–Crippen MR) is 88.3 cm³/mol. The fraction of sp³-hybridized carbons (Fsp3) is 0.667. The summed E-state index contributed by atoms with van der Waals surface area (Å²) < 4.78 is 0. The van der Waals surface area contributed by atoms with Gasteiger partial charge < -0.3 is 10.2 Å². The fourth-order valence-electron chi connectivity index (χ4n) is 3.23. The molecule has 0 aromatic heterocycles. The van der Waals surface area contributed by atoms with Crippen molar-refractivity contribution in [1.82, 2.24) is 15.1 Å². The first-order valence-corrected chi connectivity index (χ1v) is 8.41. The van der Waals surface area contributed by atoms with Gasteiger partial charge in [-0.05, 0) is 57.5 Å². The summed E-state index contributed by atoms with van der Waals surface area (Å²) in [4.78, 5) is 4.98. The van der Waals surface area contributed by atoms with E-state index in [1.54, 1.807) is 0 Å². The molecule has 1 aromatic carbocycles. The van der Waals surface area contributed by atoms with E-state index in [4.69, 9.17) is 0 Å². The van der Waals surface area contributed by atoms with Crippen LogP contribution in [0.5, 0.6) is 0 Å². The monoisotopic (exact) mass is 287 g/mol. The molecule has 1 unspecified atom stereocenters. The SMILES string of the molecule is CN1CCCC(N(C)Cc2ccc(CNC3CC3)cc2)C1. The Bertz CT molecular complexity index is 438. The Labute approximate surface area is 129 Å². The first-order chi connectivity index (χ1) is 10.2. The molecular formula is C18H29N3. The molecule has 3 heteroatoms. The number of hydrogen-bond donors (Lipinski definition) is 1. The highest BCUT2D eigenvalue weighted by Gasteiger charge is 2.21. The lowest BCUT2D eigenvalue weighted by molar-refractivity contribution is 0.129. The fourth-order valence-corrected chi connectivity index (χ4v) is 3.23. The van der Waals surface area contributed by atoms with E-state index in [-0.39, 0.29) is 0 Å². The Morgan fingerprint density at radius 3 is 2.52 bits per heavy atom. The Balaban J connectivity index is 1.49. The standard InChI is InChI=1S/C18H29N3/c1-20-11-3-4-18(14-20)21(2)13-16-7-5-15(6-8-16)12-19-17-9-10-17/h5-8,17-19H,3-4,9-14H2,1-2H3. The first kappa shape index (κ1) is 15.0. The molecule has 1 aliphatic heterocycles. The van der Waals surface area contributed by atoms with E-state index >= 15 is 0 Å². The third kappa shape index (κ3) is 4.53. The van der Waals surface area contributed by atoms with Crippen LogP contribution in [-0.4, -0.2) is 49.1 Å². The third-order valence-electron chi connectivity index (χ3n) is 4.85. The van der Waals surface area contributed by atoms with Crippen molar-refractivity contribution in [3.8, 4) is 0 Å². The normalized spacial score (nSPS) is 23.7. The first-order valence-electron chi connectivity index (χ1n) is 8.41. The van der Waals surface area contributed by atoms with Crippen LogP contribution < -0.4 is 5.32 Å². The highest BCUT2D eigenvalue weighted by Crippen LogP contribution is 2.20. The number of likely N-dealkylation sites (N-methyl/N-ethyl adjacent to an activating group) is 2. The zero-order valence-electron chi connectivity index (χ0n) is 13.5. The molecule has 0 spiro atoms. The molecule has 2 aliphatic rings. The molecule has 1 saturated carbocycles. The average Bonchev–Trinajstić information content (AvgIpc) is 3.31. The molecule has 0 amide bonds. The molecule has 3 nitrogen and oxygen atoms in total. The zero-order chi connectivity index (χ0) is 14.7. The lowest BCUT2D eigenvalue weighted by Crippen LogP contribution is -2.44. The van der Waals surface area contributed by atoms with Crippen molar-refractivity contribution in [3.05, 3.63) is 35.4 Å². The summed E-state index contributed by atoms with van der Waals surface area (Å²) in [5.41, 5.74) is 2.84. The minimum Gasteiger partial charge on any atom is -0.310 e. The molecule has 1 atom stereocenters. The number of likely N-dealkylation sites (tertiary alicyclic amines) is 1. The van der Waals surface area contributed by atoms with Gasteiger partial charge in [0.05, 0.1) is 0 Å². The molecule has 1 aromatic rings. The van der Waals surface area contributed by atoms with Crippen LogP contribution in [0.2, 0.25) is 0 Å². The number of rotatable bonds is 6. The van der Waals surface area contributed by atoms with Crippen LogP contribution in [-0.2, 0) is 13.1 Å². The zero-order valence-corrected chi connectivity index (χ0v) is 13.5. The van der Waals surface area contributed by atoms with Crippen molar-refractivity contribution in [2.24, 2.45) is 0 Å². The quantitative estimate of drug-likeness (QED) is 0.867. The number of piperidine rings is 1. The summed E-state index contributed by atoms with van der Waals surface area (Å²) in [6.45, 7) is 4.55. The molecule has 1 saturated heterocycles. The largest absolute Gasteiger partial charge is 0.310 e. The van der Waals surface area contributed by atoms with Crippen LogP contribution in [0.1, 0.15) is 36.8 Å². The average molecular weight is 287 g/mol. The Kier molecular flexibility index (Phi) is 4.94. The topological polar surface area (TPSA) is 18.5 Å². The minimum atomic E-state index is 0.708. The van der Waals surface area contributed by atoms with Crippen LogP contribution >= 0.6 is 0 Å². The van der Waals surface area contributed by atoms with E-state index in [2.05, 4.69) is 53.5 Å². The van der Waals surface area contributed by atoms with Crippen molar-refractivity contribution in [3.63, 3.8) is 0 Å².